The maximum atomic E-state index is 12.1. The molecular weight excluding hydrogens is 256 g/mol. The van der Waals surface area contributed by atoms with Crippen LogP contribution in [0.25, 0.3) is 0 Å². The molecule has 0 saturated carbocycles. The molecule has 114 valence electrons. The van der Waals surface area contributed by atoms with E-state index in [0.717, 1.165) is 19.6 Å². The van der Waals surface area contributed by atoms with Crippen molar-refractivity contribution in [2.75, 3.05) is 33.3 Å². The molecule has 2 saturated heterocycles. The van der Waals surface area contributed by atoms with Gasteiger partial charge < -0.3 is 9.64 Å². The van der Waals surface area contributed by atoms with Crippen molar-refractivity contribution in [2.24, 2.45) is 5.92 Å². The van der Waals surface area contributed by atoms with Crippen molar-refractivity contribution in [2.45, 2.75) is 45.1 Å². The number of nitrogens with zero attached hydrogens (tertiary/aromatic N) is 2. The Hall–Kier alpha value is -1.10. The third-order valence-corrected chi connectivity index (χ3v) is 4.66. The molecular formula is C15H26N2O3. The Morgan fingerprint density at radius 1 is 1.30 bits per heavy atom. The molecule has 2 rings (SSSR count). The molecule has 2 fully saturated rings. The van der Waals surface area contributed by atoms with Crippen molar-refractivity contribution in [1.29, 1.82) is 0 Å². The number of carbonyl (C=O) groups excluding carboxylic acids is 2. The van der Waals surface area contributed by atoms with Crippen LogP contribution < -0.4 is 0 Å². The average molecular weight is 282 g/mol. The van der Waals surface area contributed by atoms with E-state index in [1.54, 1.807) is 11.9 Å². The average Bonchev–Trinajstić information content (AvgIpc) is 2.46. The number of rotatable bonds is 4. The fourth-order valence-electron chi connectivity index (χ4n) is 3.07. The predicted molar refractivity (Wildman–Crippen MR) is 76.2 cm³/mol. The lowest BCUT2D eigenvalue weighted by Crippen LogP contribution is -2.47. The van der Waals surface area contributed by atoms with Gasteiger partial charge in [-0.25, -0.2) is 0 Å². The number of ether oxygens (including phenoxy) is 1. The van der Waals surface area contributed by atoms with Gasteiger partial charge in [-0.2, -0.15) is 0 Å². The number of hydrogen-bond donors (Lipinski definition) is 0. The van der Waals surface area contributed by atoms with Crippen LogP contribution in [0.5, 0.6) is 0 Å². The van der Waals surface area contributed by atoms with E-state index >= 15 is 0 Å². The molecule has 20 heavy (non-hydrogen) atoms. The Balaban J connectivity index is 1.72. The summed E-state index contributed by atoms with van der Waals surface area (Å²) < 4.78 is 5.42. The first-order chi connectivity index (χ1) is 9.59. The standard InChI is InChI=1S/C15H26N2O3/c1-12-13(6-7-14(18)16(12)2)15(19)20-11-10-17-8-4-3-5-9-17/h12-13H,3-11H2,1-2H3/t12-,13+/m1/s1. The second-order valence-corrected chi connectivity index (χ2v) is 5.96. The van der Waals surface area contributed by atoms with E-state index in [4.69, 9.17) is 4.74 Å². The van der Waals surface area contributed by atoms with Crippen LogP contribution >= 0.6 is 0 Å². The molecule has 2 aliphatic rings. The third-order valence-electron chi connectivity index (χ3n) is 4.66. The molecule has 0 unspecified atom stereocenters. The highest BCUT2D eigenvalue weighted by Crippen LogP contribution is 2.24. The SMILES string of the molecule is C[C@@H]1[C@@H](C(=O)OCCN2CCCCC2)CCC(=O)N1C. The summed E-state index contributed by atoms with van der Waals surface area (Å²) in [5, 5.41) is 0. The van der Waals surface area contributed by atoms with E-state index in [1.165, 1.54) is 19.3 Å². The normalized spacial score (nSPS) is 28.5. The predicted octanol–water partition coefficient (Wildman–Crippen LogP) is 1.27. The molecule has 0 bridgehead atoms. The fourth-order valence-corrected chi connectivity index (χ4v) is 3.07. The summed E-state index contributed by atoms with van der Waals surface area (Å²) in [5.41, 5.74) is 0. The van der Waals surface area contributed by atoms with Crippen molar-refractivity contribution in [3.05, 3.63) is 0 Å². The van der Waals surface area contributed by atoms with Gasteiger partial charge in [0.05, 0.1) is 5.92 Å². The van der Waals surface area contributed by atoms with Crippen LogP contribution in [-0.2, 0) is 14.3 Å². The lowest BCUT2D eigenvalue weighted by atomic mass is 9.90. The Morgan fingerprint density at radius 3 is 2.70 bits per heavy atom. The van der Waals surface area contributed by atoms with Gasteiger partial charge in [0.2, 0.25) is 5.91 Å². The molecule has 0 aromatic rings. The molecule has 2 aliphatic heterocycles. The van der Waals surface area contributed by atoms with E-state index in [2.05, 4.69) is 4.90 Å². The van der Waals surface area contributed by atoms with Gasteiger partial charge in [0.25, 0.3) is 0 Å². The van der Waals surface area contributed by atoms with Crippen LogP contribution in [0.4, 0.5) is 0 Å². The van der Waals surface area contributed by atoms with E-state index in [0.29, 0.717) is 19.4 Å². The summed E-state index contributed by atoms with van der Waals surface area (Å²) in [6, 6.07) is -0.0567. The van der Waals surface area contributed by atoms with Crippen molar-refractivity contribution in [3.8, 4) is 0 Å². The Labute approximate surface area is 121 Å². The fraction of sp³-hybridized carbons (Fsp3) is 0.867. The van der Waals surface area contributed by atoms with Crippen molar-refractivity contribution < 1.29 is 14.3 Å². The molecule has 5 nitrogen and oxygen atoms in total. The first-order valence-corrected chi connectivity index (χ1v) is 7.74. The summed E-state index contributed by atoms with van der Waals surface area (Å²) in [5.74, 6) is -0.192. The number of likely N-dealkylation sites (tertiary alicyclic amines) is 2. The first kappa shape index (κ1) is 15.3. The van der Waals surface area contributed by atoms with Crippen LogP contribution in [0.3, 0.4) is 0 Å². The molecule has 5 heteroatoms. The molecule has 0 aromatic carbocycles. The first-order valence-electron chi connectivity index (χ1n) is 7.74. The molecule has 2 atom stereocenters. The van der Waals surface area contributed by atoms with E-state index < -0.39 is 0 Å². The maximum Gasteiger partial charge on any atom is 0.311 e. The van der Waals surface area contributed by atoms with Gasteiger partial charge in [-0.1, -0.05) is 6.42 Å². The summed E-state index contributed by atoms with van der Waals surface area (Å²) in [4.78, 5) is 27.7. The zero-order valence-corrected chi connectivity index (χ0v) is 12.6. The zero-order chi connectivity index (χ0) is 14.5. The molecule has 0 spiro atoms. The van der Waals surface area contributed by atoms with Gasteiger partial charge in [-0.3, -0.25) is 14.5 Å². The Morgan fingerprint density at radius 2 is 2.00 bits per heavy atom. The van der Waals surface area contributed by atoms with Gasteiger partial charge in [-0.15, -0.1) is 0 Å². The minimum absolute atomic E-state index is 0.0567. The highest BCUT2D eigenvalue weighted by molar-refractivity contribution is 5.81. The summed E-state index contributed by atoms with van der Waals surface area (Å²) in [6.45, 7) is 5.47. The number of hydrogen-bond acceptors (Lipinski definition) is 4. The van der Waals surface area contributed by atoms with Crippen LogP contribution in [0.15, 0.2) is 0 Å². The minimum atomic E-state index is -0.168. The molecule has 1 amide bonds. The topological polar surface area (TPSA) is 49.9 Å². The Kier molecular flexibility index (Phi) is 5.40. The summed E-state index contributed by atoms with van der Waals surface area (Å²) in [6.07, 6.45) is 4.89. The largest absolute Gasteiger partial charge is 0.464 e. The van der Waals surface area contributed by atoms with Crippen LogP contribution in [-0.4, -0.2) is 61.0 Å². The third kappa shape index (κ3) is 3.72. The summed E-state index contributed by atoms with van der Waals surface area (Å²) in [7, 11) is 1.76. The maximum absolute atomic E-state index is 12.1. The molecule has 0 N–H and O–H groups in total. The van der Waals surface area contributed by atoms with Gasteiger partial charge >= 0.3 is 5.97 Å². The minimum Gasteiger partial charge on any atom is -0.464 e. The highest BCUT2D eigenvalue weighted by atomic mass is 16.5. The van der Waals surface area contributed by atoms with Gasteiger partial charge in [0.15, 0.2) is 0 Å². The number of piperidine rings is 2. The molecule has 0 radical (unpaired) electrons. The van der Waals surface area contributed by atoms with Crippen LogP contribution in [0.1, 0.15) is 39.0 Å². The molecule has 0 aliphatic carbocycles. The monoisotopic (exact) mass is 282 g/mol. The van der Waals surface area contributed by atoms with Crippen molar-refractivity contribution in [1.82, 2.24) is 9.80 Å². The number of amides is 1. The van der Waals surface area contributed by atoms with Crippen LogP contribution in [0, 0.1) is 5.92 Å². The quantitative estimate of drug-likeness (QED) is 0.729. The van der Waals surface area contributed by atoms with E-state index in [1.807, 2.05) is 6.92 Å². The van der Waals surface area contributed by atoms with Gasteiger partial charge in [-0.05, 0) is 39.3 Å². The van der Waals surface area contributed by atoms with E-state index in [-0.39, 0.29) is 23.8 Å². The Bertz CT molecular complexity index is 353. The molecule has 0 aromatic heterocycles. The van der Waals surface area contributed by atoms with E-state index in [9.17, 15) is 9.59 Å². The lowest BCUT2D eigenvalue weighted by Gasteiger charge is -2.35. The lowest BCUT2D eigenvalue weighted by molar-refractivity contribution is -0.155. The highest BCUT2D eigenvalue weighted by Gasteiger charge is 2.35. The van der Waals surface area contributed by atoms with Crippen LogP contribution in [0.2, 0.25) is 0 Å². The second-order valence-electron chi connectivity index (χ2n) is 5.96. The van der Waals surface area contributed by atoms with Crippen molar-refractivity contribution in [3.63, 3.8) is 0 Å². The summed E-state index contributed by atoms with van der Waals surface area (Å²) >= 11 is 0. The van der Waals surface area contributed by atoms with Gasteiger partial charge in [0.1, 0.15) is 6.61 Å². The smallest absolute Gasteiger partial charge is 0.311 e. The zero-order valence-electron chi connectivity index (χ0n) is 12.6. The number of carbonyl (C=O) groups is 2. The van der Waals surface area contributed by atoms with Crippen molar-refractivity contribution >= 4 is 11.9 Å². The van der Waals surface area contributed by atoms with Gasteiger partial charge in [0, 0.05) is 26.1 Å². The second kappa shape index (κ2) is 7.07. The number of esters is 1. The molecule has 2 heterocycles.